The zero-order valence-electron chi connectivity index (χ0n) is 12.8. The fraction of sp³-hybridized carbons (Fsp3) is 0. The van der Waals surface area contributed by atoms with Gasteiger partial charge in [0.15, 0.2) is 5.13 Å². The zero-order valence-corrected chi connectivity index (χ0v) is 14.4. The highest BCUT2D eigenvalue weighted by atomic mass is 35.5. The van der Waals surface area contributed by atoms with Crippen LogP contribution in [0.15, 0.2) is 42.2 Å². The van der Waals surface area contributed by atoms with Gasteiger partial charge < -0.3 is 5.32 Å². The Morgan fingerprint density at radius 3 is 2.54 bits per heavy atom. The molecule has 12 heteroatoms. The molecular formula is C14H10ClN7O3S. The first kappa shape index (κ1) is 17.5. The highest BCUT2D eigenvalue weighted by Gasteiger charge is 2.24. The Balaban J connectivity index is 1.79. The van der Waals surface area contributed by atoms with Gasteiger partial charge >= 0.3 is 5.69 Å². The quantitative estimate of drug-likeness (QED) is 0.431. The van der Waals surface area contributed by atoms with Gasteiger partial charge in [0.1, 0.15) is 6.33 Å². The molecule has 3 aromatic rings. The SMILES string of the molecule is O=C(NNc1ncnc(Nc2nccs2)c1[N+](=O)[O-])c1ccc(Cl)cc1. The first-order valence-electron chi connectivity index (χ1n) is 7.02. The Labute approximate surface area is 155 Å². The number of halogens is 1. The lowest BCUT2D eigenvalue weighted by molar-refractivity contribution is -0.383. The Bertz CT molecular complexity index is 934. The van der Waals surface area contributed by atoms with E-state index in [1.165, 1.54) is 23.5 Å². The van der Waals surface area contributed by atoms with Gasteiger partial charge in [0.2, 0.25) is 11.6 Å². The van der Waals surface area contributed by atoms with Crippen LogP contribution in [0.5, 0.6) is 0 Å². The Morgan fingerprint density at radius 2 is 1.88 bits per heavy atom. The molecule has 0 aliphatic rings. The lowest BCUT2D eigenvalue weighted by Gasteiger charge is -2.10. The fourth-order valence-electron chi connectivity index (χ4n) is 1.91. The van der Waals surface area contributed by atoms with Crippen molar-refractivity contribution < 1.29 is 9.72 Å². The van der Waals surface area contributed by atoms with E-state index in [0.29, 0.717) is 15.7 Å². The molecule has 0 bridgehead atoms. The first-order valence-corrected chi connectivity index (χ1v) is 8.28. The minimum Gasteiger partial charge on any atom is -0.310 e. The summed E-state index contributed by atoms with van der Waals surface area (Å²) in [7, 11) is 0. The van der Waals surface area contributed by atoms with Crippen molar-refractivity contribution in [3.63, 3.8) is 0 Å². The molecule has 3 N–H and O–H groups in total. The molecule has 0 aliphatic carbocycles. The molecule has 1 amide bonds. The van der Waals surface area contributed by atoms with E-state index in [4.69, 9.17) is 11.6 Å². The maximum atomic E-state index is 12.1. The van der Waals surface area contributed by atoms with Crippen LogP contribution in [0.1, 0.15) is 10.4 Å². The van der Waals surface area contributed by atoms with Gasteiger partial charge in [-0.05, 0) is 24.3 Å². The van der Waals surface area contributed by atoms with Gasteiger partial charge in [0.25, 0.3) is 5.91 Å². The topological polar surface area (TPSA) is 135 Å². The monoisotopic (exact) mass is 391 g/mol. The molecule has 0 saturated carbocycles. The number of carbonyl (C=O) groups excluding carboxylic acids is 1. The molecule has 2 aromatic heterocycles. The second kappa shape index (κ2) is 7.72. The molecule has 10 nitrogen and oxygen atoms in total. The summed E-state index contributed by atoms with van der Waals surface area (Å²) in [5, 5.41) is 16.8. The van der Waals surface area contributed by atoms with Crippen molar-refractivity contribution in [1.82, 2.24) is 20.4 Å². The number of hydrogen-bond acceptors (Lipinski definition) is 9. The molecule has 0 radical (unpaired) electrons. The molecule has 2 heterocycles. The normalized spacial score (nSPS) is 10.2. The van der Waals surface area contributed by atoms with Crippen LogP contribution in [-0.2, 0) is 0 Å². The van der Waals surface area contributed by atoms with E-state index in [2.05, 4.69) is 31.1 Å². The first-order chi connectivity index (χ1) is 12.5. The molecule has 0 aliphatic heterocycles. The van der Waals surface area contributed by atoms with Gasteiger partial charge in [-0.25, -0.2) is 15.0 Å². The minimum absolute atomic E-state index is 0.0526. The third-order valence-electron chi connectivity index (χ3n) is 3.06. The summed E-state index contributed by atoms with van der Waals surface area (Å²) < 4.78 is 0. The van der Waals surface area contributed by atoms with Crippen molar-refractivity contribution in [2.24, 2.45) is 0 Å². The standard InChI is InChI=1S/C14H10ClN7O3S/c15-9-3-1-8(2-4-9)13(23)21-20-12-10(22(24)25)11(17-7-18-12)19-14-16-5-6-26-14/h1-7H,(H,21,23)(H2,16,17,18,19,20). The number of hydrazine groups is 1. The Morgan fingerprint density at radius 1 is 1.15 bits per heavy atom. The third kappa shape index (κ3) is 4.02. The van der Waals surface area contributed by atoms with Crippen LogP contribution in [-0.4, -0.2) is 25.8 Å². The van der Waals surface area contributed by atoms with E-state index in [0.717, 1.165) is 6.33 Å². The lowest BCUT2D eigenvalue weighted by atomic mass is 10.2. The molecule has 1 aromatic carbocycles. The van der Waals surface area contributed by atoms with Crippen molar-refractivity contribution in [2.75, 3.05) is 10.7 Å². The van der Waals surface area contributed by atoms with Crippen LogP contribution in [0.3, 0.4) is 0 Å². The number of thiazole rings is 1. The van der Waals surface area contributed by atoms with E-state index in [9.17, 15) is 14.9 Å². The average Bonchev–Trinajstić information content (AvgIpc) is 3.13. The number of nitrogens with one attached hydrogen (secondary N) is 3. The van der Waals surface area contributed by atoms with Gasteiger partial charge in [-0.3, -0.25) is 25.8 Å². The second-order valence-electron chi connectivity index (χ2n) is 4.72. The number of nitrogens with zero attached hydrogens (tertiary/aromatic N) is 4. The average molecular weight is 392 g/mol. The predicted octanol–water partition coefficient (Wildman–Crippen LogP) is 3.00. The Kier molecular flexibility index (Phi) is 5.20. The molecule has 0 saturated heterocycles. The highest BCUT2D eigenvalue weighted by Crippen LogP contribution is 2.31. The number of hydrogen-bond donors (Lipinski definition) is 3. The molecule has 132 valence electrons. The van der Waals surface area contributed by atoms with Gasteiger partial charge in [-0.15, -0.1) is 11.3 Å². The number of benzene rings is 1. The molecule has 0 unspecified atom stereocenters. The maximum Gasteiger partial charge on any atom is 0.355 e. The molecule has 0 atom stereocenters. The van der Waals surface area contributed by atoms with Gasteiger partial charge in [0, 0.05) is 22.2 Å². The van der Waals surface area contributed by atoms with Crippen LogP contribution in [0.4, 0.5) is 22.5 Å². The van der Waals surface area contributed by atoms with E-state index >= 15 is 0 Å². The molecular weight excluding hydrogens is 382 g/mol. The highest BCUT2D eigenvalue weighted by molar-refractivity contribution is 7.13. The zero-order chi connectivity index (χ0) is 18.5. The smallest absolute Gasteiger partial charge is 0.310 e. The minimum atomic E-state index is -0.660. The number of carbonyl (C=O) groups is 1. The lowest BCUT2D eigenvalue weighted by Crippen LogP contribution is -2.30. The molecule has 0 fully saturated rings. The largest absolute Gasteiger partial charge is 0.355 e. The van der Waals surface area contributed by atoms with Crippen molar-refractivity contribution in [1.29, 1.82) is 0 Å². The second-order valence-corrected chi connectivity index (χ2v) is 6.06. The van der Waals surface area contributed by atoms with Crippen LogP contribution >= 0.6 is 22.9 Å². The van der Waals surface area contributed by atoms with E-state index in [1.807, 2.05) is 0 Å². The Hall–Kier alpha value is -3.31. The van der Waals surface area contributed by atoms with Crippen molar-refractivity contribution in [3.8, 4) is 0 Å². The van der Waals surface area contributed by atoms with Crippen LogP contribution in [0, 0.1) is 10.1 Å². The van der Waals surface area contributed by atoms with Crippen LogP contribution in [0.25, 0.3) is 0 Å². The number of rotatable bonds is 6. The summed E-state index contributed by atoms with van der Waals surface area (Å²) in [4.78, 5) is 34.5. The summed E-state index contributed by atoms with van der Waals surface area (Å²) in [6.45, 7) is 0. The number of nitro groups is 1. The van der Waals surface area contributed by atoms with Crippen molar-refractivity contribution in [3.05, 3.63) is 62.9 Å². The van der Waals surface area contributed by atoms with Gasteiger partial charge in [0.05, 0.1) is 4.92 Å². The number of anilines is 3. The van der Waals surface area contributed by atoms with E-state index in [1.54, 1.807) is 23.7 Å². The summed E-state index contributed by atoms with van der Waals surface area (Å²) in [6.07, 6.45) is 2.67. The molecule has 26 heavy (non-hydrogen) atoms. The summed E-state index contributed by atoms with van der Waals surface area (Å²) in [5.74, 6) is -0.737. The summed E-state index contributed by atoms with van der Waals surface area (Å²) >= 11 is 7.02. The molecule has 0 spiro atoms. The van der Waals surface area contributed by atoms with E-state index in [-0.39, 0.29) is 11.6 Å². The number of aromatic nitrogens is 3. The summed E-state index contributed by atoms with van der Waals surface area (Å²) in [6, 6.07) is 6.14. The van der Waals surface area contributed by atoms with Crippen molar-refractivity contribution >= 4 is 51.3 Å². The fourth-order valence-corrected chi connectivity index (χ4v) is 2.56. The molecule has 3 rings (SSSR count). The summed E-state index contributed by atoms with van der Waals surface area (Å²) in [5.41, 5.74) is 4.68. The maximum absolute atomic E-state index is 12.1. The van der Waals surface area contributed by atoms with E-state index < -0.39 is 16.5 Å². The van der Waals surface area contributed by atoms with Gasteiger partial charge in [-0.2, -0.15) is 0 Å². The van der Waals surface area contributed by atoms with Crippen LogP contribution < -0.4 is 16.2 Å². The van der Waals surface area contributed by atoms with Gasteiger partial charge in [-0.1, -0.05) is 11.6 Å². The number of amides is 1. The predicted molar refractivity (Wildman–Crippen MR) is 96.6 cm³/mol. The van der Waals surface area contributed by atoms with Crippen molar-refractivity contribution in [2.45, 2.75) is 0 Å². The third-order valence-corrected chi connectivity index (χ3v) is 4.00. The van der Waals surface area contributed by atoms with Crippen LogP contribution in [0.2, 0.25) is 5.02 Å².